The number of carbonyl (C=O) groups excluding carboxylic acids is 4. The van der Waals surface area contributed by atoms with Crippen molar-refractivity contribution in [2.24, 2.45) is 0 Å². The fraction of sp³-hybridized carbons (Fsp3) is 0.250. The van der Waals surface area contributed by atoms with Gasteiger partial charge in [-0.05, 0) is 67.4 Å². The average Bonchev–Trinajstić information content (AvgIpc) is 3.35. The molecule has 4 aromatic rings. The average molecular weight is 558 g/mol. The molecule has 212 valence electrons. The van der Waals surface area contributed by atoms with Crippen molar-refractivity contribution in [1.82, 2.24) is 4.98 Å². The number of unbranched alkanes of at least 4 members (excludes halogenated alkanes) is 1. The Kier molecular flexibility index (Phi) is 9.88. The number of fused-ring (bicyclic) bond motifs is 1. The number of hydrogen-bond donors (Lipinski definition) is 1. The van der Waals surface area contributed by atoms with Crippen LogP contribution in [0.1, 0.15) is 52.1 Å². The summed E-state index contributed by atoms with van der Waals surface area (Å²) < 4.78 is 20.9. The second-order valence-corrected chi connectivity index (χ2v) is 9.33. The van der Waals surface area contributed by atoms with E-state index >= 15 is 0 Å². The maximum Gasteiger partial charge on any atom is 0.337 e. The SMILES string of the molecule is COC(=O)CCCCC(=O)c1c(CC(=O)COc2ccc(Oc3ccccc3)cc2)[nH]c2ccc(C(=O)OC)cc12. The van der Waals surface area contributed by atoms with E-state index in [-0.39, 0.29) is 43.4 Å². The Morgan fingerprint density at radius 2 is 1.44 bits per heavy atom. The molecule has 9 heteroatoms. The van der Waals surface area contributed by atoms with Crippen molar-refractivity contribution < 1.29 is 38.1 Å². The molecule has 9 nitrogen and oxygen atoms in total. The zero-order valence-corrected chi connectivity index (χ0v) is 22.9. The molecule has 0 aliphatic rings. The van der Waals surface area contributed by atoms with Crippen molar-refractivity contribution in [3.05, 3.63) is 89.6 Å². The number of benzene rings is 3. The lowest BCUT2D eigenvalue weighted by atomic mass is 9.98. The molecule has 0 aliphatic heterocycles. The third-order valence-corrected chi connectivity index (χ3v) is 6.41. The number of ketones is 2. The van der Waals surface area contributed by atoms with E-state index in [9.17, 15) is 19.2 Å². The summed E-state index contributed by atoms with van der Waals surface area (Å²) >= 11 is 0. The van der Waals surface area contributed by atoms with Gasteiger partial charge in [0.2, 0.25) is 0 Å². The lowest BCUT2D eigenvalue weighted by molar-refractivity contribution is -0.140. The van der Waals surface area contributed by atoms with Crippen LogP contribution in [0.4, 0.5) is 0 Å². The van der Waals surface area contributed by atoms with Gasteiger partial charge in [-0.1, -0.05) is 18.2 Å². The third kappa shape index (κ3) is 7.82. The predicted molar refractivity (Wildman–Crippen MR) is 152 cm³/mol. The van der Waals surface area contributed by atoms with E-state index in [0.717, 1.165) is 0 Å². The highest BCUT2D eigenvalue weighted by Crippen LogP contribution is 2.28. The van der Waals surface area contributed by atoms with Crippen LogP contribution in [0.5, 0.6) is 17.2 Å². The van der Waals surface area contributed by atoms with Crippen molar-refractivity contribution in [3.8, 4) is 17.2 Å². The van der Waals surface area contributed by atoms with Crippen LogP contribution in [0.2, 0.25) is 0 Å². The minimum Gasteiger partial charge on any atom is -0.486 e. The molecule has 0 amide bonds. The Morgan fingerprint density at radius 1 is 0.756 bits per heavy atom. The zero-order valence-electron chi connectivity index (χ0n) is 22.9. The maximum absolute atomic E-state index is 13.3. The number of esters is 2. The van der Waals surface area contributed by atoms with Crippen LogP contribution in [0, 0.1) is 0 Å². The quantitative estimate of drug-likeness (QED) is 0.116. The van der Waals surface area contributed by atoms with Crippen LogP contribution in [-0.2, 0) is 25.5 Å². The Morgan fingerprint density at radius 3 is 2.15 bits per heavy atom. The normalized spacial score (nSPS) is 10.7. The molecule has 41 heavy (non-hydrogen) atoms. The van der Waals surface area contributed by atoms with Crippen LogP contribution in [0.3, 0.4) is 0 Å². The monoisotopic (exact) mass is 557 g/mol. The van der Waals surface area contributed by atoms with Crippen molar-refractivity contribution in [3.63, 3.8) is 0 Å². The molecule has 4 rings (SSSR count). The highest BCUT2D eigenvalue weighted by atomic mass is 16.5. The highest BCUT2D eigenvalue weighted by molar-refractivity contribution is 6.11. The summed E-state index contributed by atoms with van der Waals surface area (Å²) in [6.45, 7) is -0.200. The van der Waals surface area contributed by atoms with Crippen LogP contribution < -0.4 is 9.47 Å². The number of H-pyrrole nitrogens is 1. The number of aromatic nitrogens is 1. The standard InChI is InChI=1S/C32H31NO8/c1-38-30(36)11-7-6-10-29(35)31-26-18-21(32(37)39-2)12-17-27(26)33-28(31)19-22(34)20-40-23-13-15-25(16-14-23)41-24-8-4-3-5-9-24/h3-5,8-9,12-18,33H,6-7,10-11,19-20H2,1-2H3. The molecule has 3 aromatic carbocycles. The molecule has 0 radical (unpaired) electrons. The lowest BCUT2D eigenvalue weighted by Gasteiger charge is -2.09. The van der Waals surface area contributed by atoms with Crippen molar-refractivity contribution in [2.75, 3.05) is 20.8 Å². The van der Waals surface area contributed by atoms with Gasteiger partial charge in [0, 0.05) is 35.0 Å². The van der Waals surface area contributed by atoms with Gasteiger partial charge in [-0.2, -0.15) is 0 Å². The van der Waals surface area contributed by atoms with Gasteiger partial charge in [0.25, 0.3) is 0 Å². The third-order valence-electron chi connectivity index (χ3n) is 6.41. The Labute approximate surface area is 237 Å². The lowest BCUT2D eigenvalue weighted by Crippen LogP contribution is -2.16. The second kappa shape index (κ2) is 13.9. The first-order chi connectivity index (χ1) is 19.9. The highest BCUT2D eigenvalue weighted by Gasteiger charge is 2.22. The summed E-state index contributed by atoms with van der Waals surface area (Å²) in [5.74, 6) is 0.541. The molecule has 0 fully saturated rings. The first kappa shape index (κ1) is 29.1. The molecule has 0 unspecified atom stereocenters. The molecule has 1 heterocycles. The summed E-state index contributed by atoms with van der Waals surface area (Å²) in [6.07, 6.45) is 1.28. The summed E-state index contributed by atoms with van der Waals surface area (Å²) in [7, 11) is 2.60. The first-order valence-electron chi connectivity index (χ1n) is 13.2. The molecule has 0 bridgehead atoms. The van der Waals surface area contributed by atoms with Gasteiger partial charge >= 0.3 is 11.9 Å². The number of para-hydroxylation sites is 1. The smallest absolute Gasteiger partial charge is 0.337 e. The van der Waals surface area contributed by atoms with Gasteiger partial charge in [-0.25, -0.2) is 4.79 Å². The Hall–Kier alpha value is -4.92. The fourth-order valence-corrected chi connectivity index (χ4v) is 4.37. The van der Waals surface area contributed by atoms with Crippen LogP contribution in [0.25, 0.3) is 10.9 Å². The molecule has 1 aromatic heterocycles. The van der Waals surface area contributed by atoms with E-state index in [4.69, 9.17) is 14.2 Å². The maximum atomic E-state index is 13.3. The summed E-state index contributed by atoms with van der Waals surface area (Å²) in [5, 5.41) is 0.531. The van der Waals surface area contributed by atoms with Crippen LogP contribution >= 0.6 is 0 Å². The predicted octanol–water partition coefficient (Wildman–Crippen LogP) is 5.85. The van der Waals surface area contributed by atoms with Crippen molar-refractivity contribution in [2.45, 2.75) is 32.1 Å². The zero-order chi connectivity index (χ0) is 29.2. The summed E-state index contributed by atoms with van der Waals surface area (Å²) in [6, 6.07) is 21.2. The van der Waals surface area contributed by atoms with Gasteiger partial charge in [0.1, 0.15) is 23.9 Å². The van der Waals surface area contributed by atoms with E-state index < -0.39 is 5.97 Å². The second-order valence-electron chi connectivity index (χ2n) is 9.33. The van der Waals surface area contributed by atoms with E-state index in [1.54, 1.807) is 42.5 Å². The van der Waals surface area contributed by atoms with Gasteiger partial charge in [0.15, 0.2) is 11.6 Å². The topological polar surface area (TPSA) is 121 Å². The molecule has 0 aliphatic carbocycles. The minimum atomic E-state index is -0.532. The number of carbonyl (C=O) groups is 4. The number of Topliss-reactive ketones (excluding diaryl/α,β-unsaturated/α-hetero) is 2. The summed E-state index contributed by atoms with van der Waals surface area (Å²) in [5.41, 5.74) is 1.70. The van der Waals surface area contributed by atoms with Crippen molar-refractivity contribution >= 4 is 34.4 Å². The minimum absolute atomic E-state index is 0.0688. The van der Waals surface area contributed by atoms with Crippen LogP contribution in [0.15, 0.2) is 72.8 Å². The molecular formula is C32H31NO8. The number of aromatic amines is 1. The number of nitrogens with one attached hydrogen (secondary N) is 1. The van der Waals surface area contributed by atoms with Gasteiger partial charge in [-0.3, -0.25) is 14.4 Å². The van der Waals surface area contributed by atoms with Gasteiger partial charge < -0.3 is 23.9 Å². The van der Waals surface area contributed by atoms with Gasteiger partial charge in [0.05, 0.1) is 26.2 Å². The summed E-state index contributed by atoms with van der Waals surface area (Å²) in [4.78, 5) is 52.9. The largest absolute Gasteiger partial charge is 0.486 e. The number of methoxy groups -OCH3 is 2. The van der Waals surface area contributed by atoms with Crippen molar-refractivity contribution in [1.29, 1.82) is 0 Å². The Balaban J connectivity index is 1.45. The molecule has 0 atom stereocenters. The van der Waals surface area contributed by atoms with E-state index in [1.165, 1.54) is 14.2 Å². The fourth-order valence-electron chi connectivity index (χ4n) is 4.37. The number of rotatable bonds is 14. The number of hydrogen-bond acceptors (Lipinski definition) is 8. The molecular weight excluding hydrogens is 526 g/mol. The van der Waals surface area contributed by atoms with Crippen LogP contribution in [-0.4, -0.2) is 49.3 Å². The van der Waals surface area contributed by atoms with E-state index in [2.05, 4.69) is 9.72 Å². The first-order valence-corrected chi connectivity index (χ1v) is 13.2. The molecule has 1 N–H and O–H groups in total. The molecule has 0 spiro atoms. The van der Waals surface area contributed by atoms with Gasteiger partial charge in [-0.15, -0.1) is 0 Å². The van der Waals surface area contributed by atoms with E-state index in [1.807, 2.05) is 30.3 Å². The van der Waals surface area contributed by atoms with E-state index in [0.29, 0.717) is 57.8 Å². The number of ether oxygens (including phenoxy) is 4. The molecule has 0 saturated heterocycles. The molecule has 0 saturated carbocycles. The Bertz CT molecular complexity index is 1520.